The monoisotopic (exact) mass is 295 g/mol. The first kappa shape index (κ1) is 14.6. The number of nitrogens with zero attached hydrogens (tertiary/aromatic N) is 2. The highest BCUT2D eigenvalue weighted by Crippen LogP contribution is 2.33. The first-order chi connectivity index (χ1) is 9.50. The number of methoxy groups -OCH3 is 1. The minimum absolute atomic E-state index is 0.0108. The maximum Gasteiger partial charge on any atom is 0.243 e. The van der Waals surface area contributed by atoms with Crippen LogP contribution in [0.1, 0.15) is 19.3 Å². The molecule has 1 aromatic carbocycles. The van der Waals surface area contributed by atoms with E-state index in [-0.39, 0.29) is 29.6 Å². The Labute approximate surface area is 118 Å². The van der Waals surface area contributed by atoms with E-state index in [4.69, 9.17) is 15.7 Å². The summed E-state index contributed by atoms with van der Waals surface area (Å²) in [5.74, 6) is 0.443. The summed E-state index contributed by atoms with van der Waals surface area (Å²) in [5.41, 5.74) is 6.04. The van der Waals surface area contributed by atoms with E-state index in [2.05, 4.69) is 0 Å². The number of nitrogen functional groups attached to an aromatic ring is 1. The van der Waals surface area contributed by atoms with Gasteiger partial charge in [0.2, 0.25) is 10.0 Å². The normalized spacial score (nSPS) is 15.1. The van der Waals surface area contributed by atoms with Crippen LogP contribution in [0.25, 0.3) is 0 Å². The molecular formula is C13H17N3O3S. The van der Waals surface area contributed by atoms with Gasteiger partial charge in [-0.1, -0.05) is 0 Å². The van der Waals surface area contributed by atoms with Crippen molar-refractivity contribution in [3.63, 3.8) is 0 Å². The molecule has 1 aliphatic carbocycles. The lowest BCUT2D eigenvalue weighted by molar-refractivity contribution is 0.409. The van der Waals surface area contributed by atoms with Gasteiger partial charge >= 0.3 is 0 Å². The smallest absolute Gasteiger partial charge is 0.243 e. The SMILES string of the molecule is COc1ccc(S(=O)(=O)N(CCC#N)C2CC2)cc1N. The second kappa shape index (κ2) is 5.69. The predicted octanol–water partition coefficient (Wildman–Crippen LogP) is 1.34. The van der Waals surface area contributed by atoms with Crippen LogP contribution in [-0.4, -0.2) is 32.4 Å². The van der Waals surface area contributed by atoms with E-state index in [1.54, 1.807) is 0 Å². The Kier molecular flexibility index (Phi) is 4.16. The van der Waals surface area contributed by atoms with Gasteiger partial charge < -0.3 is 10.5 Å². The summed E-state index contributed by atoms with van der Waals surface area (Å²) in [6.45, 7) is 0.218. The minimum Gasteiger partial charge on any atom is -0.495 e. The van der Waals surface area contributed by atoms with Gasteiger partial charge in [0, 0.05) is 19.0 Å². The average molecular weight is 295 g/mol. The largest absolute Gasteiger partial charge is 0.495 e. The topological polar surface area (TPSA) is 96.4 Å². The molecule has 0 amide bonds. The van der Waals surface area contributed by atoms with Crippen LogP contribution in [0.15, 0.2) is 23.1 Å². The minimum atomic E-state index is -3.61. The zero-order chi connectivity index (χ0) is 14.8. The number of hydrogen-bond acceptors (Lipinski definition) is 5. The van der Waals surface area contributed by atoms with Crippen molar-refractivity contribution in [3.8, 4) is 11.8 Å². The van der Waals surface area contributed by atoms with Gasteiger partial charge in [-0.3, -0.25) is 0 Å². The molecule has 0 spiro atoms. The fourth-order valence-electron chi connectivity index (χ4n) is 2.03. The molecule has 2 N–H and O–H groups in total. The summed E-state index contributed by atoms with van der Waals surface area (Å²) in [5, 5.41) is 8.66. The van der Waals surface area contributed by atoms with Crippen molar-refractivity contribution in [1.82, 2.24) is 4.31 Å². The molecule has 1 saturated carbocycles. The molecule has 108 valence electrons. The van der Waals surface area contributed by atoms with Gasteiger partial charge in [-0.25, -0.2) is 8.42 Å². The summed E-state index contributed by atoms with van der Waals surface area (Å²) in [7, 11) is -2.14. The lowest BCUT2D eigenvalue weighted by Gasteiger charge is -2.21. The molecule has 1 fully saturated rings. The van der Waals surface area contributed by atoms with Crippen LogP contribution in [0.2, 0.25) is 0 Å². The number of hydrogen-bond donors (Lipinski definition) is 1. The van der Waals surface area contributed by atoms with Crippen molar-refractivity contribution in [2.45, 2.75) is 30.2 Å². The number of sulfonamides is 1. The molecule has 0 atom stereocenters. The third-order valence-electron chi connectivity index (χ3n) is 3.21. The Morgan fingerprint density at radius 3 is 2.70 bits per heavy atom. The van der Waals surface area contributed by atoms with Crippen molar-refractivity contribution in [2.24, 2.45) is 0 Å². The van der Waals surface area contributed by atoms with Crippen molar-refractivity contribution in [2.75, 3.05) is 19.4 Å². The van der Waals surface area contributed by atoms with Gasteiger partial charge in [-0.2, -0.15) is 9.57 Å². The Bertz CT molecular complexity index is 633. The zero-order valence-electron chi connectivity index (χ0n) is 11.2. The highest BCUT2D eigenvalue weighted by Gasteiger charge is 2.37. The molecule has 6 nitrogen and oxygen atoms in total. The molecule has 0 radical (unpaired) electrons. The van der Waals surface area contributed by atoms with Crippen LogP contribution in [0.3, 0.4) is 0 Å². The molecule has 0 aromatic heterocycles. The van der Waals surface area contributed by atoms with Crippen molar-refractivity contribution in [3.05, 3.63) is 18.2 Å². The Balaban J connectivity index is 2.32. The molecule has 1 aliphatic rings. The highest BCUT2D eigenvalue weighted by atomic mass is 32.2. The van der Waals surface area contributed by atoms with Crippen LogP contribution in [-0.2, 0) is 10.0 Å². The average Bonchev–Trinajstić information content (AvgIpc) is 3.23. The van der Waals surface area contributed by atoms with E-state index < -0.39 is 10.0 Å². The highest BCUT2D eigenvalue weighted by molar-refractivity contribution is 7.89. The molecule has 20 heavy (non-hydrogen) atoms. The molecule has 2 rings (SSSR count). The lowest BCUT2D eigenvalue weighted by Crippen LogP contribution is -2.34. The second-order valence-electron chi connectivity index (χ2n) is 4.66. The molecule has 0 unspecified atom stereocenters. The first-order valence-corrected chi connectivity index (χ1v) is 7.77. The predicted molar refractivity (Wildman–Crippen MR) is 74.6 cm³/mol. The maximum atomic E-state index is 12.6. The van der Waals surface area contributed by atoms with E-state index in [0.717, 1.165) is 12.8 Å². The quantitative estimate of drug-likeness (QED) is 0.799. The number of nitriles is 1. The number of benzene rings is 1. The van der Waals surface area contributed by atoms with E-state index in [1.165, 1.54) is 29.6 Å². The van der Waals surface area contributed by atoms with Gasteiger partial charge in [-0.05, 0) is 31.0 Å². The van der Waals surface area contributed by atoms with E-state index in [9.17, 15) is 8.42 Å². The summed E-state index contributed by atoms with van der Waals surface area (Å²) in [4.78, 5) is 0.139. The maximum absolute atomic E-state index is 12.6. The molecule has 0 saturated heterocycles. The van der Waals surface area contributed by atoms with E-state index >= 15 is 0 Å². The number of nitrogens with two attached hydrogens (primary N) is 1. The molecule has 1 aromatic rings. The second-order valence-corrected chi connectivity index (χ2v) is 6.55. The first-order valence-electron chi connectivity index (χ1n) is 6.33. The van der Waals surface area contributed by atoms with Gasteiger partial charge in [0.15, 0.2) is 0 Å². The summed E-state index contributed by atoms with van der Waals surface area (Å²) in [6.07, 6.45) is 1.87. The molecule has 0 aliphatic heterocycles. The molecule has 0 bridgehead atoms. The van der Waals surface area contributed by atoms with E-state index in [1.807, 2.05) is 6.07 Å². The van der Waals surface area contributed by atoms with Crippen LogP contribution in [0.4, 0.5) is 5.69 Å². The third-order valence-corrected chi connectivity index (χ3v) is 5.15. The van der Waals surface area contributed by atoms with Crippen LogP contribution in [0, 0.1) is 11.3 Å². The Hall–Kier alpha value is -1.78. The van der Waals surface area contributed by atoms with E-state index in [0.29, 0.717) is 5.75 Å². The Morgan fingerprint density at radius 1 is 1.50 bits per heavy atom. The van der Waals surface area contributed by atoms with Crippen LogP contribution in [0.5, 0.6) is 5.75 Å². The third kappa shape index (κ3) is 2.86. The van der Waals surface area contributed by atoms with Gasteiger partial charge in [0.05, 0.1) is 23.8 Å². The van der Waals surface area contributed by atoms with Crippen molar-refractivity contribution < 1.29 is 13.2 Å². The van der Waals surface area contributed by atoms with Crippen molar-refractivity contribution >= 4 is 15.7 Å². The van der Waals surface area contributed by atoms with Gasteiger partial charge in [0.25, 0.3) is 0 Å². The number of anilines is 1. The molecular weight excluding hydrogens is 278 g/mol. The molecule has 0 heterocycles. The summed E-state index contributed by atoms with van der Waals surface area (Å²) >= 11 is 0. The lowest BCUT2D eigenvalue weighted by atomic mass is 10.3. The fraction of sp³-hybridized carbons (Fsp3) is 0.462. The van der Waals surface area contributed by atoms with Crippen molar-refractivity contribution in [1.29, 1.82) is 5.26 Å². The molecule has 7 heteroatoms. The summed E-state index contributed by atoms with van der Waals surface area (Å²) < 4.78 is 31.6. The van der Waals surface area contributed by atoms with Crippen LogP contribution < -0.4 is 10.5 Å². The summed E-state index contributed by atoms with van der Waals surface area (Å²) in [6, 6.07) is 6.41. The number of ether oxygens (including phenoxy) is 1. The Morgan fingerprint density at radius 2 is 2.20 bits per heavy atom. The van der Waals surface area contributed by atoms with Crippen LogP contribution >= 0.6 is 0 Å². The van der Waals surface area contributed by atoms with Gasteiger partial charge in [0.1, 0.15) is 5.75 Å². The number of rotatable bonds is 6. The fourth-order valence-corrected chi connectivity index (χ4v) is 3.75. The zero-order valence-corrected chi connectivity index (χ0v) is 12.1. The standard InChI is InChI=1S/C13H17N3O3S/c1-19-13-6-5-11(9-12(13)15)20(17,18)16(8-2-7-14)10-3-4-10/h5-6,9-10H,2-4,8,15H2,1H3. The van der Waals surface area contributed by atoms with Gasteiger partial charge in [-0.15, -0.1) is 0 Å².